The van der Waals surface area contributed by atoms with Gasteiger partial charge in [0.2, 0.25) is 0 Å². The average molecular weight is 240 g/mol. The number of rotatable bonds is 3. The second kappa shape index (κ2) is 5.00. The molecule has 0 aliphatic heterocycles. The zero-order chi connectivity index (χ0) is 11.5. The second-order valence-corrected chi connectivity index (χ2v) is 5.25. The maximum atomic E-state index is 13.3. The van der Waals surface area contributed by atoms with Gasteiger partial charge >= 0.3 is 0 Å². The molecule has 0 amide bonds. The van der Waals surface area contributed by atoms with Crippen molar-refractivity contribution in [3.05, 3.63) is 41.5 Å². The number of allylic oxidation sites excluding steroid dienone is 1. The Hall–Kier alpha value is -0.830. The number of hydrogen-bond donors (Lipinski definition) is 0. The highest BCUT2D eigenvalue weighted by Gasteiger charge is 2.25. The Morgan fingerprint density at radius 2 is 2.06 bits per heavy atom. The third kappa shape index (κ3) is 2.64. The first-order valence-electron chi connectivity index (χ1n) is 5.35. The minimum atomic E-state index is -0.527. The lowest BCUT2D eigenvalue weighted by Gasteiger charge is -2.31. The van der Waals surface area contributed by atoms with Crippen LogP contribution in [-0.2, 0) is 0 Å². The molecule has 1 aliphatic carbocycles. The van der Waals surface area contributed by atoms with Crippen molar-refractivity contribution >= 4 is 17.8 Å². The van der Waals surface area contributed by atoms with E-state index in [4.69, 9.17) is 0 Å². The summed E-state index contributed by atoms with van der Waals surface area (Å²) in [7, 11) is 0. The number of benzene rings is 1. The van der Waals surface area contributed by atoms with Crippen molar-refractivity contribution in [2.24, 2.45) is 5.92 Å². The van der Waals surface area contributed by atoms with Crippen molar-refractivity contribution in [2.45, 2.75) is 18.1 Å². The van der Waals surface area contributed by atoms with E-state index >= 15 is 0 Å². The first-order chi connectivity index (χ1) is 7.69. The van der Waals surface area contributed by atoms with Gasteiger partial charge in [-0.2, -0.15) is 11.8 Å². The minimum absolute atomic E-state index is 0.467. The largest absolute Gasteiger partial charge is 0.207 e. The van der Waals surface area contributed by atoms with Crippen LogP contribution in [0.5, 0.6) is 0 Å². The Morgan fingerprint density at radius 3 is 2.69 bits per heavy atom. The van der Waals surface area contributed by atoms with Gasteiger partial charge in [-0.25, -0.2) is 8.78 Å². The van der Waals surface area contributed by atoms with Crippen LogP contribution in [-0.4, -0.2) is 11.5 Å². The molecule has 2 rings (SSSR count). The van der Waals surface area contributed by atoms with Gasteiger partial charge in [-0.3, -0.25) is 0 Å². The molecule has 0 unspecified atom stereocenters. The summed E-state index contributed by atoms with van der Waals surface area (Å²) in [5.41, 5.74) is 0.467. The van der Waals surface area contributed by atoms with E-state index in [2.05, 4.69) is 6.26 Å². The van der Waals surface area contributed by atoms with Gasteiger partial charge in [-0.05, 0) is 37.1 Å². The Labute approximate surface area is 98.7 Å². The van der Waals surface area contributed by atoms with Crippen LogP contribution in [0, 0.1) is 17.6 Å². The van der Waals surface area contributed by atoms with Crippen LogP contribution in [0.3, 0.4) is 0 Å². The molecule has 1 aromatic rings. The topological polar surface area (TPSA) is 0 Å². The quantitative estimate of drug-likeness (QED) is 0.766. The van der Waals surface area contributed by atoms with E-state index in [-0.39, 0.29) is 0 Å². The molecule has 86 valence electrons. The highest BCUT2D eigenvalue weighted by Crippen LogP contribution is 2.36. The van der Waals surface area contributed by atoms with Crippen molar-refractivity contribution in [3.8, 4) is 0 Å². The molecule has 0 radical (unpaired) electrons. The molecular weight excluding hydrogens is 226 g/mol. The monoisotopic (exact) mass is 240 g/mol. The summed E-state index contributed by atoms with van der Waals surface area (Å²) < 4.78 is 25.9. The Morgan fingerprint density at radius 1 is 1.31 bits per heavy atom. The second-order valence-electron chi connectivity index (χ2n) is 4.11. The molecular formula is C13H14F2S. The smallest absolute Gasteiger partial charge is 0.133 e. The normalized spacial score (nSPS) is 24.7. The summed E-state index contributed by atoms with van der Waals surface area (Å²) in [4.78, 5) is 0. The van der Waals surface area contributed by atoms with Crippen molar-refractivity contribution in [1.82, 2.24) is 0 Å². The van der Waals surface area contributed by atoms with Gasteiger partial charge < -0.3 is 0 Å². The van der Waals surface area contributed by atoms with E-state index in [9.17, 15) is 8.78 Å². The zero-order valence-corrected chi connectivity index (χ0v) is 9.94. The lowest BCUT2D eigenvalue weighted by Crippen LogP contribution is -2.23. The lowest BCUT2D eigenvalue weighted by molar-refractivity contribution is 0.405. The molecule has 0 saturated heterocycles. The summed E-state index contributed by atoms with van der Waals surface area (Å²) in [6, 6.07) is 3.69. The van der Waals surface area contributed by atoms with Crippen LogP contribution in [0.25, 0.3) is 6.08 Å². The van der Waals surface area contributed by atoms with Crippen LogP contribution in [0.2, 0.25) is 0 Å². The van der Waals surface area contributed by atoms with Gasteiger partial charge in [-0.1, -0.05) is 12.2 Å². The highest BCUT2D eigenvalue weighted by atomic mass is 32.2. The number of thioether (sulfide) groups is 1. The SMILES string of the molecule is CSC1CC(/C=C/c2ccc(F)cc2F)C1. The molecule has 0 nitrogen and oxygen atoms in total. The van der Waals surface area contributed by atoms with Gasteiger partial charge in [-0.15, -0.1) is 0 Å². The van der Waals surface area contributed by atoms with E-state index in [1.165, 1.54) is 25.0 Å². The summed E-state index contributed by atoms with van der Waals surface area (Å²) in [5, 5.41) is 0.757. The summed E-state index contributed by atoms with van der Waals surface area (Å²) in [6.07, 6.45) is 8.24. The molecule has 0 atom stereocenters. The molecule has 0 N–H and O–H groups in total. The molecule has 1 saturated carbocycles. The Kier molecular flexibility index (Phi) is 3.64. The summed E-state index contributed by atoms with van der Waals surface area (Å²) in [6.45, 7) is 0. The maximum absolute atomic E-state index is 13.3. The van der Waals surface area contributed by atoms with Crippen LogP contribution in [0.4, 0.5) is 8.78 Å². The standard InChI is InChI=1S/C13H14F2S/c1-16-12-6-9(7-12)2-3-10-4-5-11(14)8-13(10)15/h2-5,8-9,12H,6-7H2,1H3/b3-2+. The average Bonchev–Trinajstić information content (AvgIpc) is 2.18. The Bertz CT molecular complexity index is 395. The van der Waals surface area contributed by atoms with Gasteiger partial charge in [0.05, 0.1) is 0 Å². The number of halogens is 2. The summed E-state index contributed by atoms with van der Waals surface area (Å²) >= 11 is 1.88. The molecule has 0 bridgehead atoms. The maximum Gasteiger partial charge on any atom is 0.133 e. The predicted octanol–water partition coefficient (Wildman–Crippen LogP) is 4.12. The van der Waals surface area contributed by atoms with Gasteiger partial charge in [0.1, 0.15) is 11.6 Å². The molecule has 3 heteroatoms. The van der Waals surface area contributed by atoms with Gasteiger partial charge in [0.25, 0.3) is 0 Å². The van der Waals surface area contributed by atoms with Crippen LogP contribution in [0.15, 0.2) is 24.3 Å². The Balaban J connectivity index is 1.96. The van der Waals surface area contributed by atoms with E-state index in [1.807, 2.05) is 17.8 Å². The molecule has 1 fully saturated rings. The van der Waals surface area contributed by atoms with Gasteiger partial charge in [0, 0.05) is 16.9 Å². The third-order valence-electron chi connectivity index (χ3n) is 2.98. The van der Waals surface area contributed by atoms with E-state index in [0.717, 1.165) is 11.3 Å². The fourth-order valence-corrected chi connectivity index (χ4v) is 2.71. The molecule has 0 spiro atoms. The van der Waals surface area contributed by atoms with E-state index < -0.39 is 11.6 Å². The number of hydrogen-bond acceptors (Lipinski definition) is 1. The molecule has 16 heavy (non-hydrogen) atoms. The van der Waals surface area contributed by atoms with Crippen LogP contribution in [0.1, 0.15) is 18.4 Å². The molecule has 0 aromatic heterocycles. The minimum Gasteiger partial charge on any atom is -0.207 e. The highest BCUT2D eigenvalue weighted by molar-refractivity contribution is 7.99. The fraction of sp³-hybridized carbons (Fsp3) is 0.385. The van der Waals surface area contributed by atoms with E-state index in [0.29, 0.717) is 11.5 Å². The first-order valence-corrected chi connectivity index (χ1v) is 6.64. The molecule has 1 aromatic carbocycles. The molecule has 0 heterocycles. The van der Waals surface area contributed by atoms with Crippen molar-refractivity contribution < 1.29 is 8.78 Å². The van der Waals surface area contributed by atoms with Crippen molar-refractivity contribution in [2.75, 3.05) is 6.26 Å². The predicted molar refractivity (Wildman–Crippen MR) is 65.4 cm³/mol. The van der Waals surface area contributed by atoms with Crippen LogP contribution < -0.4 is 0 Å². The van der Waals surface area contributed by atoms with Crippen molar-refractivity contribution in [1.29, 1.82) is 0 Å². The summed E-state index contributed by atoms with van der Waals surface area (Å²) in [5.74, 6) is -0.459. The lowest BCUT2D eigenvalue weighted by atomic mass is 9.84. The first kappa shape index (κ1) is 11.6. The fourth-order valence-electron chi connectivity index (χ4n) is 1.83. The van der Waals surface area contributed by atoms with Crippen molar-refractivity contribution in [3.63, 3.8) is 0 Å². The van der Waals surface area contributed by atoms with Crippen LogP contribution >= 0.6 is 11.8 Å². The van der Waals surface area contributed by atoms with Gasteiger partial charge in [0.15, 0.2) is 0 Å². The molecule has 1 aliphatic rings. The van der Waals surface area contributed by atoms with E-state index in [1.54, 1.807) is 6.08 Å². The zero-order valence-electron chi connectivity index (χ0n) is 9.12. The third-order valence-corrected chi connectivity index (χ3v) is 4.03.